The summed E-state index contributed by atoms with van der Waals surface area (Å²) in [4.78, 5) is 0. The van der Waals surface area contributed by atoms with Crippen LogP contribution in [0.5, 0.6) is 0 Å². The van der Waals surface area contributed by atoms with Crippen LogP contribution in [0.3, 0.4) is 0 Å². The molecule has 0 amide bonds. The van der Waals surface area contributed by atoms with E-state index in [1.165, 1.54) is 12.8 Å². The molecule has 1 heterocycles. The molecule has 0 spiro atoms. The monoisotopic (exact) mass is 176 g/mol. The van der Waals surface area contributed by atoms with Crippen LogP contribution in [0, 0.1) is 11.3 Å². The second kappa shape index (κ2) is 4.48. The molecule has 2 unspecified atom stereocenters. The minimum atomic E-state index is 0.636. The fourth-order valence-electron chi connectivity index (χ4n) is 2.31. The van der Waals surface area contributed by atoms with Gasteiger partial charge in [0.25, 0.3) is 0 Å². The van der Waals surface area contributed by atoms with Crippen LogP contribution in [0.15, 0.2) is 12.2 Å². The van der Waals surface area contributed by atoms with E-state index in [-0.39, 0.29) is 0 Å². The maximum atomic E-state index is 8.64. The number of hydrogen-bond donors (Lipinski definition) is 1. The van der Waals surface area contributed by atoms with Crippen molar-refractivity contribution in [1.29, 1.82) is 5.26 Å². The smallest absolute Gasteiger partial charge is 0.160 e. The van der Waals surface area contributed by atoms with Crippen molar-refractivity contribution in [2.24, 2.45) is 0 Å². The third-order valence-corrected chi connectivity index (χ3v) is 3.26. The third kappa shape index (κ3) is 2.35. The summed E-state index contributed by atoms with van der Waals surface area (Å²) in [5.41, 5.74) is 0.730. The summed E-state index contributed by atoms with van der Waals surface area (Å²) in [6.07, 6.45) is 3.35. The lowest BCUT2D eigenvalue weighted by Gasteiger charge is -2.16. The predicted molar refractivity (Wildman–Crippen MR) is 56.8 cm³/mol. The Bertz CT molecular complexity index is 232. The Kier molecular flexibility index (Phi) is 3.56. The minimum absolute atomic E-state index is 0.636. The first-order chi connectivity index (χ1) is 6.19. The van der Waals surface area contributed by atoms with Gasteiger partial charge < -0.3 is 5.32 Å². The SMILES string of the molecule is C=C(C#N)CC1CCC(NC)B1C. The third-order valence-electron chi connectivity index (χ3n) is 3.26. The van der Waals surface area contributed by atoms with Crippen molar-refractivity contribution in [1.82, 2.24) is 5.32 Å². The van der Waals surface area contributed by atoms with Crippen LogP contribution in [0.25, 0.3) is 0 Å². The van der Waals surface area contributed by atoms with Crippen LogP contribution in [-0.4, -0.2) is 19.7 Å². The molecule has 0 aromatic heterocycles. The van der Waals surface area contributed by atoms with Crippen LogP contribution >= 0.6 is 0 Å². The summed E-state index contributed by atoms with van der Waals surface area (Å²) in [6.45, 7) is 6.68. The molecule has 1 aliphatic heterocycles. The lowest BCUT2D eigenvalue weighted by Crippen LogP contribution is -2.36. The Morgan fingerprint density at radius 2 is 2.38 bits per heavy atom. The Labute approximate surface area is 81.1 Å². The van der Waals surface area contributed by atoms with Crippen LogP contribution < -0.4 is 5.32 Å². The average Bonchev–Trinajstić information content (AvgIpc) is 2.48. The highest BCUT2D eigenvalue weighted by Gasteiger charge is 2.34. The van der Waals surface area contributed by atoms with Crippen molar-refractivity contribution in [2.75, 3.05) is 7.05 Å². The molecular formula is C10H17BN2. The molecule has 0 saturated carbocycles. The predicted octanol–water partition coefficient (Wildman–Crippen LogP) is 1.87. The Hall–Kier alpha value is -0.745. The average molecular weight is 176 g/mol. The first-order valence-corrected chi connectivity index (χ1v) is 4.94. The van der Waals surface area contributed by atoms with Crippen molar-refractivity contribution in [2.45, 2.75) is 37.8 Å². The first kappa shape index (κ1) is 10.3. The van der Waals surface area contributed by atoms with Crippen molar-refractivity contribution < 1.29 is 0 Å². The second-order valence-corrected chi connectivity index (χ2v) is 4.01. The zero-order valence-electron chi connectivity index (χ0n) is 8.51. The highest BCUT2D eigenvalue weighted by Crippen LogP contribution is 2.34. The van der Waals surface area contributed by atoms with Crippen molar-refractivity contribution in [3.8, 4) is 6.07 Å². The van der Waals surface area contributed by atoms with E-state index in [1.54, 1.807) is 0 Å². The fourth-order valence-corrected chi connectivity index (χ4v) is 2.31. The second-order valence-electron chi connectivity index (χ2n) is 4.01. The highest BCUT2D eigenvalue weighted by molar-refractivity contribution is 6.61. The molecular weight excluding hydrogens is 159 g/mol. The summed E-state index contributed by atoms with van der Waals surface area (Å²) in [6, 6.07) is 2.13. The van der Waals surface area contributed by atoms with Gasteiger partial charge in [0.15, 0.2) is 6.71 Å². The standard InChI is InChI=1S/C10H17BN2/c1-8(7-12)6-9-4-5-10(13-3)11(9)2/h9-10,13H,1,4-6H2,2-3H3. The number of nitrogens with one attached hydrogen (secondary N) is 1. The maximum Gasteiger partial charge on any atom is 0.160 e. The summed E-state index contributed by atoms with van der Waals surface area (Å²) < 4.78 is 0. The Morgan fingerprint density at radius 1 is 1.69 bits per heavy atom. The zero-order valence-corrected chi connectivity index (χ0v) is 8.51. The van der Waals surface area contributed by atoms with Crippen LogP contribution in [-0.2, 0) is 0 Å². The van der Waals surface area contributed by atoms with Crippen molar-refractivity contribution in [3.63, 3.8) is 0 Å². The van der Waals surface area contributed by atoms with Crippen molar-refractivity contribution in [3.05, 3.63) is 12.2 Å². The molecule has 1 rings (SSSR count). The van der Waals surface area contributed by atoms with Gasteiger partial charge in [-0.25, -0.2) is 0 Å². The molecule has 1 saturated heterocycles. The molecule has 0 bridgehead atoms. The molecule has 2 atom stereocenters. The van der Waals surface area contributed by atoms with E-state index in [4.69, 9.17) is 5.26 Å². The maximum absolute atomic E-state index is 8.64. The Morgan fingerprint density at radius 3 is 2.85 bits per heavy atom. The lowest BCUT2D eigenvalue weighted by molar-refractivity contribution is 0.661. The summed E-state index contributed by atoms with van der Waals surface area (Å²) >= 11 is 0. The van der Waals surface area contributed by atoms with Gasteiger partial charge in [-0.2, -0.15) is 5.26 Å². The van der Waals surface area contributed by atoms with Crippen molar-refractivity contribution >= 4 is 6.71 Å². The van der Waals surface area contributed by atoms with Gasteiger partial charge in [0, 0.05) is 5.57 Å². The van der Waals surface area contributed by atoms with Gasteiger partial charge in [0.2, 0.25) is 0 Å². The van der Waals surface area contributed by atoms with E-state index in [2.05, 4.69) is 24.8 Å². The van der Waals surface area contributed by atoms with E-state index >= 15 is 0 Å². The summed E-state index contributed by atoms with van der Waals surface area (Å²) in [7, 11) is 2.02. The van der Waals surface area contributed by atoms with E-state index in [0.29, 0.717) is 18.5 Å². The number of nitrogens with zero attached hydrogens (tertiary/aromatic N) is 1. The van der Waals surface area contributed by atoms with Gasteiger partial charge in [-0.3, -0.25) is 0 Å². The molecule has 0 aromatic carbocycles. The number of allylic oxidation sites excluding steroid dienone is 1. The minimum Gasteiger partial charge on any atom is -0.324 e. The molecule has 0 radical (unpaired) electrons. The van der Waals surface area contributed by atoms with Gasteiger partial charge >= 0.3 is 0 Å². The van der Waals surface area contributed by atoms with E-state index in [9.17, 15) is 0 Å². The number of rotatable bonds is 3. The molecule has 1 fully saturated rings. The molecule has 70 valence electrons. The fraction of sp³-hybridized carbons (Fsp3) is 0.700. The van der Waals surface area contributed by atoms with E-state index in [1.807, 2.05) is 7.05 Å². The van der Waals surface area contributed by atoms with Crippen LogP contribution in [0.2, 0.25) is 12.6 Å². The molecule has 3 heteroatoms. The van der Waals surface area contributed by atoms with Crippen LogP contribution in [0.4, 0.5) is 0 Å². The quantitative estimate of drug-likeness (QED) is 0.526. The van der Waals surface area contributed by atoms with Gasteiger partial charge in [-0.05, 0) is 25.8 Å². The largest absolute Gasteiger partial charge is 0.324 e. The van der Waals surface area contributed by atoms with E-state index < -0.39 is 0 Å². The number of nitriles is 1. The Balaban J connectivity index is 2.46. The molecule has 0 aromatic rings. The molecule has 2 nitrogen and oxygen atoms in total. The van der Waals surface area contributed by atoms with Gasteiger partial charge in [0.05, 0.1) is 6.07 Å². The molecule has 1 aliphatic rings. The zero-order chi connectivity index (χ0) is 9.84. The molecule has 0 aliphatic carbocycles. The van der Waals surface area contributed by atoms with E-state index in [0.717, 1.165) is 12.0 Å². The van der Waals surface area contributed by atoms with Crippen LogP contribution in [0.1, 0.15) is 19.3 Å². The lowest BCUT2D eigenvalue weighted by atomic mass is 9.41. The molecule has 1 N–H and O–H groups in total. The first-order valence-electron chi connectivity index (χ1n) is 4.94. The highest BCUT2D eigenvalue weighted by atomic mass is 14.8. The number of hydrogen-bond acceptors (Lipinski definition) is 2. The van der Waals surface area contributed by atoms with Gasteiger partial charge in [0.1, 0.15) is 0 Å². The van der Waals surface area contributed by atoms with Gasteiger partial charge in [-0.1, -0.05) is 25.6 Å². The normalized spacial score (nSPS) is 27.3. The molecule has 13 heavy (non-hydrogen) atoms. The summed E-state index contributed by atoms with van der Waals surface area (Å²) in [5.74, 6) is 1.29. The van der Waals surface area contributed by atoms with Gasteiger partial charge in [-0.15, -0.1) is 0 Å². The topological polar surface area (TPSA) is 35.8 Å². The summed E-state index contributed by atoms with van der Waals surface area (Å²) in [5, 5.41) is 12.0.